The molecule has 4 nitrogen and oxygen atoms in total. The molecule has 0 spiro atoms. The number of carboxylic acid groups (broad SMARTS) is 1. The molecule has 0 aliphatic heterocycles. The molecule has 1 N–H and O–H groups in total. The summed E-state index contributed by atoms with van der Waals surface area (Å²) in [4.78, 5) is 12.3. The summed E-state index contributed by atoms with van der Waals surface area (Å²) >= 11 is 0. The number of methoxy groups -OCH3 is 1. The van der Waals surface area contributed by atoms with Crippen molar-refractivity contribution in [2.75, 3.05) is 12.0 Å². The first kappa shape index (κ1) is 11.4. The second-order valence-electron chi connectivity index (χ2n) is 3.44. The number of anilines is 1. The minimum absolute atomic E-state index is 0.0871. The zero-order valence-corrected chi connectivity index (χ0v) is 9.10. The summed E-state index contributed by atoms with van der Waals surface area (Å²) in [6, 6.07) is 6.86. The van der Waals surface area contributed by atoms with Gasteiger partial charge in [0.25, 0.3) is 0 Å². The van der Waals surface area contributed by atoms with Crippen LogP contribution in [-0.4, -0.2) is 24.4 Å². The van der Waals surface area contributed by atoms with Crippen molar-refractivity contribution in [3.05, 3.63) is 24.3 Å². The Balaban J connectivity index is 2.97. The first-order valence-electron chi connectivity index (χ1n) is 4.72. The summed E-state index contributed by atoms with van der Waals surface area (Å²) < 4.78 is 5.00. The Bertz CT molecular complexity index is 332. The summed E-state index contributed by atoms with van der Waals surface area (Å²) in [5, 5.41) is 9.02. The average molecular weight is 209 g/mol. The van der Waals surface area contributed by atoms with Gasteiger partial charge in [0, 0.05) is 11.7 Å². The van der Waals surface area contributed by atoms with Gasteiger partial charge in [0.15, 0.2) is 0 Å². The van der Waals surface area contributed by atoms with Gasteiger partial charge < -0.3 is 9.84 Å². The summed E-state index contributed by atoms with van der Waals surface area (Å²) in [5.41, 5.74) is 0.651. The molecule has 0 aromatic heterocycles. The molecule has 0 unspecified atom stereocenters. The molecule has 4 heteroatoms. The predicted molar refractivity (Wildman–Crippen MR) is 58.6 cm³/mol. The number of nitrogens with zero attached hydrogens (tertiary/aromatic N) is 1. The Labute approximate surface area is 89.1 Å². The van der Waals surface area contributed by atoms with Gasteiger partial charge in [-0.15, -0.1) is 0 Å². The van der Waals surface area contributed by atoms with Crippen molar-refractivity contribution in [1.82, 2.24) is 0 Å². The Kier molecular flexibility index (Phi) is 3.55. The number of hydrogen-bond acceptors (Lipinski definition) is 2. The third-order valence-corrected chi connectivity index (χ3v) is 2.07. The quantitative estimate of drug-likeness (QED) is 0.832. The van der Waals surface area contributed by atoms with Gasteiger partial charge in [0.2, 0.25) is 0 Å². The maximum absolute atomic E-state index is 11.0. The highest BCUT2D eigenvalue weighted by Gasteiger charge is 2.17. The number of rotatable bonds is 3. The predicted octanol–water partition coefficient (Wildman–Crippen LogP) is 2.59. The van der Waals surface area contributed by atoms with E-state index in [9.17, 15) is 4.79 Å². The third kappa shape index (κ3) is 2.62. The smallest absolute Gasteiger partial charge is 0.412 e. The molecule has 0 radical (unpaired) electrons. The van der Waals surface area contributed by atoms with E-state index in [1.807, 2.05) is 13.8 Å². The van der Waals surface area contributed by atoms with Crippen LogP contribution < -0.4 is 9.64 Å². The summed E-state index contributed by atoms with van der Waals surface area (Å²) in [7, 11) is 1.58. The second kappa shape index (κ2) is 4.68. The van der Waals surface area contributed by atoms with Crippen LogP contribution in [0.4, 0.5) is 10.5 Å². The van der Waals surface area contributed by atoms with Crippen LogP contribution in [0.3, 0.4) is 0 Å². The van der Waals surface area contributed by atoms with Crippen molar-refractivity contribution in [2.24, 2.45) is 0 Å². The lowest BCUT2D eigenvalue weighted by molar-refractivity contribution is 0.200. The second-order valence-corrected chi connectivity index (χ2v) is 3.44. The van der Waals surface area contributed by atoms with E-state index in [4.69, 9.17) is 9.84 Å². The molecule has 1 aromatic rings. The lowest BCUT2D eigenvalue weighted by atomic mass is 10.2. The first-order valence-corrected chi connectivity index (χ1v) is 4.72. The van der Waals surface area contributed by atoms with Gasteiger partial charge in [-0.05, 0) is 38.1 Å². The van der Waals surface area contributed by atoms with Crippen LogP contribution in [0.1, 0.15) is 13.8 Å². The Morgan fingerprint density at radius 3 is 2.20 bits per heavy atom. The largest absolute Gasteiger partial charge is 0.497 e. The maximum Gasteiger partial charge on any atom is 0.412 e. The van der Waals surface area contributed by atoms with Gasteiger partial charge in [-0.1, -0.05) is 0 Å². The maximum atomic E-state index is 11.0. The highest BCUT2D eigenvalue weighted by atomic mass is 16.5. The average Bonchev–Trinajstić information content (AvgIpc) is 2.18. The van der Waals surface area contributed by atoms with Crippen molar-refractivity contribution in [1.29, 1.82) is 0 Å². The van der Waals surface area contributed by atoms with Crippen LogP contribution in [-0.2, 0) is 0 Å². The fraction of sp³-hybridized carbons (Fsp3) is 0.364. The van der Waals surface area contributed by atoms with E-state index in [1.54, 1.807) is 31.4 Å². The monoisotopic (exact) mass is 209 g/mol. The molecule has 1 rings (SSSR count). The first-order chi connectivity index (χ1) is 7.06. The summed E-state index contributed by atoms with van der Waals surface area (Å²) in [5.74, 6) is 0.716. The summed E-state index contributed by atoms with van der Waals surface area (Å²) in [6.07, 6.45) is -0.949. The molecule has 0 atom stereocenters. The Morgan fingerprint density at radius 2 is 1.87 bits per heavy atom. The van der Waals surface area contributed by atoms with Crippen molar-refractivity contribution in [2.45, 2.75) is 19.9 Å². The fourth-order valence-electron chi connectivity index (χ4n) is 1.37. The van der Waals surface area contributed by atoms with Crippen LogP contribution >= 0.6 is 0 Å². The number of hydrogen-bond donors (Lipinski definition) is 1. The van der Waals surface area contributed by atoms with Gasteiger partial charge in [-0.25, -0.2) is 4.79 Å². The van der Waals surface area contributed by atoms with Crippen LogP contribution in [0.25, 0.3) is 0 Å². The molecule has 0 heterocycles. The fourth-order valence-corrected chi connectivity index (χ4v) is 1.37. The highest BCUT2D eigenvalue weighted by Crippen LogP contribution is 2.21. The van der Waals surface area contributed by atoms with E-state index in [0.717, 1.165) is 0 Å². The van der Waals surface area contributed by atoms with E-state index >= 15 is 0 Å². The van der Waals surface area contributed by atoms with E-state index in [0.29, 0.717) is 11.4 Å². The molecule has 1 aromatic carbocycles. The molecular weight excluding hydrogens is 194 g/mol. The standard InChI is InChI=1S/C11H15NO3/c1-8(2)12(11(13)14)9-4-6-10(15-3)7-5-9/h4-8H,1-3H3,(H,13,14). The molecule has 0 aliphatic rings. The Morgan fingerprint density at radius 1 is 1.33 bits per heavy atom. The number of carbonyl (C=O) groups is 1. The third-order valence-electron chi connectivity index (χ3n) is 2.07. The highest BCUT2D eigenvalue weighted by molar-refractivity contribution is 5.86. The van der Waals surface area contributed by atoms with Gasteiger partial charge in [-0.2, -0.15) is 0 Å². The minimum atomic E-state index is -0.949. The number of ether oxygens (including phenoxy) is 1. The molecule has 0 fully saturated rings. The molecule has 0 aliphatic carbocycles. The lowest BCUT2D eigenvalue weighted by Crippen LogP contribution is -2.35. The zero-order chi connectivity index (χ0) is 11.4. The van der Waals surface area contributed by atoms with Crippen LogP contribution in [0.15, 0.2) is 24.3 Å². The van der Waals surface area contributed by atoms with E-state index in [-0.39, 0.29) is 6.04 Å². The van der Waals surface area contributed by atoms with Crippen molar-refractivity contribution in [3.8, 4) is 5.75 Å². The van der Waals surface area contributed by atoms with Gasteiger partial charge in [-0.3, -0.25) is 4.90 Å². The molecule has 1 amide bonds. The number of amides is 1. The van der Waals surface area contributed by atoms with Crippen molar-refractivity contribution in [3.63, 3.8) is 0 Å². The minimum Gasteiger partial charge on any atom is -0.497 e. The lowest BCUT2D eigenvalue weighted by Gasteiger charge is -2.23. The normalized spacial score (nSPS) is 10.1. The number of benzene rings is 1. The summed E-state index contributed by atoms with van der Waals surface area (Å²) in [6.45, 7) is 3.66. The van der Waals surface area contributed by atoms with Gasteiger partial charge in [0.05, 0.1) is 7.11 Å². The van der Waals surface area contributed by atoms with E-state index < -0.39 is 6.09 Å². The van der Waals surface area contributed by atoms with Gasteiger partial charge in [0.1, 0.15) is 5.75 Å². The SMILES string of the molecule is COc1ccc(N(C(=O)O)C(C)C)cc1. The van der Waals surface area contributed by atoms with Crippen LogP contribution in [0.5, 0.6) is 5.75 Å². The molecule has 0 saturated carbocycles. The molecule has 15 heavy (non-hydrogen) atoms. The molecule has 82 valence electrons. The zero-order valence-electron chi connectivity index (χ0n) is 9.10. The molecule has 0 saturated heterocycles. The van der Waals surface area contributed by atoms with Crippen molar-refractivity contribution >= 4 is 11.8 Å². The van der Waals surface area contributed by atoms with Gasteiger partial charge >= 0.3 is 6.09 Å². The van der Waals surface area contributed by atoms with E-state index in [1.165, 1.54) is 4.90 Å². The van der Waals surface area contributed by atoms with Crippen LogP contribution in [0.2, 0.25) is 0 Å². The van der Waals surface area contributed by atoms with Crippen molar-refractivity contribution < 1.29 is 14.6 Å². The molecular formula is C11H15NO3. The molecule has 0 bridgehead atoms. The Hall–Kier alpha value is -1.71. The van der Waals surface area contributed by atoms with E-state index in [2.05, 4.69) is 0 Å². The topological polar surface area (TPSA) is 49.8 Å². The van der Waals surface area contributed by atoms with Crippen LogP contribution in [0, 0.1) is 0 Å².